The van der Waals surface area contributed by atoms with E-state index in [1.54, 1.807) is 6.07 Å². The second-order valence-corrected chi connectivity index (χ2v) is 4.44. The Morgan fingerprint density at radius 2 is 1.89 bits per heavy atom. The first kappa shape index (κ1) is 15.2. The molecule has 0 saturated heterocycles. The molecule has 1 aromatic heterocycles. The minimum Gasteiger partial charge on any atom is -0.481 e. The SMILES string of the molecule is CN(C)CCCNc1cc(NCCC(=O)O)ncn1. The van der Waals surface area contributed by atoms with E-state index in [0.717, 1.165) is 25.3 Å². The van der Waals surface area contributed by atoms with Gasteiger partial charge in [0.15, 0.2) is 0 Å². The highest BCUT2D eigenvalue weighted by Gasteiger charge is 2.00. The Balaban J connectivity index is 2.32. The Hall–Kier alpha value is -1.89. The average molecular weight is 267 g/mol. The number of carbonyl (C=O) groups is 1. The second-order valence-electron chi connectivity index (χ2n) is 4.44. The second kappa shape index (κ2) is 8.25. The molecule has 7 nitrogen and oxygen atoms in total. The van der Waals surface area contributed by atoms with Crippen molar-refractivity contribution in [3.05, 3.63) is 12.4 Å². The number of nitrogens with zero attached hydrogens (tertiary/aromatic N) is 3. The highest BCUT2D eigenvalue weighted by atomic mass is 16.4. The predicted molar refractivity (Wildman–Crippen MR) is 74.4 cm³/mol. The van der Waals surface area contributed by atoms with Gasteiger partial charge < -0.3 is 20.6 Å². The lowest BCUT2D eigenvalue weighted by atomic mass is 10.4. The van der Waals surface area contributed by atoms with E-state index >= 15 is 0 Å². The van der Waals surface area contributed by atoms with Crippen LogP contribution in [-0.2, 0) is 4.79 Å². The number of aromatic nitrogens is 2. The summed E-state index contributed by atoms with van der Waals surface area (Å²) in [5.41, 5.74) is 0. The Morgan fingerprint density at radius 1 is 1.26 bits per heavy atom. The first-order chi connectivity index (χ1) is 9.08. The van der Waals surface area contributed by atoms with Gasteiger partial charge in [-0.25, -0.2) is 9.97 Å². The Bertz CT molecular complexity index is 397. The lowest BCUT2D eigenvalue weighted by Crippen LogP contribution is -2.16. The summed E-state index contributed by atoms with van der Waals surface area (Å²) in [5, 5.41) is 14.7. The zero-order valence-electron chi connectivity index (χ0n) is 11.4. The molecule has 0 aliphatic heterocycles. The van der Waals surface area contributed by atoms with Crippen LogP contribution >= 0.6 is 0 Å². The zero-order valence-corrected chi connectivity index (χ0v) is 11.4. The Labute approximate surface area is 113 Å². The number of aliphatic carboxylic acids is 1. The minimum atomic E-state index is -0.830. The largest absolute Gasteiger partial charge is 0.481 e. The summed E-state index contributed by atoms with van der Waals surface area (Å²) in [6, 6.07) is 1.78. The quantitative estimate of drug-likeness (QED) is 0.568. The molecule has 19 heavy (non-hydrogen) atoms. The van der Waals surface area contributed by atoms with E-state index in [4.69, 9.17) is 5.11 Å². The van der Waals surface area contributed by atoms with Gasteiger partial charge in [-0.3, -0.25) is 4.79 Å². The van der Waals surface area contributed by atoms with E-state index in [1.807, 2.05) is 14.1 Å². The lowest BCUT2D eigenvalue weighted by molar-refractivity contribution is -0.136. The van der Waals surface area contributed by atoms with Crippen molar-refractivity contribution < 1.29 is 9.90 Å². The van der Waals surface area contributed by atoms with Crippen LogP contribution in [0.4, 0.5) is 11.6 Å². The fraction of sp³-hybridized carbons (Fsp3) is 0.583. The number of hydrogen-bond acceptors (Lipinski definition) is 6. The van der Waals surface area contributed by atoms with Gasteiger partial charge in [-0.05, 0) is 27.1 Å². The van der Waals surface area contributed by atoms with Gasteiger partial charge in [-0.2, -0.15) is 0 Å². The van der Waals surface area contributed by atoms with Crippen LogP contribution in [0.5, 0.6) is 0 Å². The molecule has 106 valence electrons. The normalized spacial score (nSPS) is 10.5. The predicted octanol–water partition coefficient (Wildman–Crippen LogP) is 0.727. The van der Waals surface area contributed by atoms with E-state index < -0.39 is 5.97 Å². The highest BCUT2D eigenvalue weighted by Crippen LogP contribution is 2.08. The number of hydrogen-bond donors (Lipinski definition) is 3. The molecule has 0 radical (unpaired) electrons. The van der Waals surface area contributed by atoms with Gasteiger partial charge in [-0.1, -0.05) is 0 Å². The number of carboxylic acids is 1. The van der Waals surface area contributed by atoms with Crippen molar-refractivity contribution in [1.29, 1.82) is 0 Å². The smallest absolute Gasteiger partial charge is 0.305 e. The summed E-state index contributed by atoms with van der Waals surface area (Å²) < 4.78 is 0. The summed E-state index contributed by atoms with van der Waals surface area (Å²) in [7, 11) is 4.07. The molecule has 0 atom stereocenters. The standard InChI is InChI=1S/C12H21N5O2/c1-17(2)7-3-5-13-10-8-11(16-9-15-10)14-6-4-12(18)19/h8-9H,3-7H2,1-2H3,(H,18,19)(H2,13,14,15,16). The molecule has 0 bridgehead atoms. The maximum atomic E-state index is 10.4. The van der Waals surface area contributed by atoms with Crippen LogP contribution in [0.1, 0.15) is 12.8 Å². The summed E-state index contributed by atoms with van der Waals surface area (Å²) >= 11 is 0. The lowest BCUT2D eigenvalue weighted by Gasteiger charge is -2.10. The van der Waals surface area contributed by atoms with Crippen LogP contribution < -0.4 is 10.6 Å². The van der Waals surface area contributed by atoms with Crippen molar-refractivity contribution in [2.24, 2.45) is 0 Å². The van der Waals surface area contributed by atoms with Gasteiger partial charge >= 0.3 is 5.97 Å². The molecule has 3 N–H and O–H groups in total. The van der Waals surface area contributed by atoms with Gasteiger partial charge in [0.1, 0.15) is 18.0 Å². The van der Waals surface area contributed by atoms with E-state index in [-0.39, 0.29) is 6.42 Å². The molecule has 0 unspecified atom stereocenters. The molecule has 0 aromatic carbocycles. The van der Waals surface area contributed by atoms with Gasteiger partial charge in [-0.15, -0.1) is 0 Å². The summed E-state index contributed by atoms with van der Waals surface area (Å²) in [4.78, 5) is 20.7. The molecule has 0 aliphatic carbocycles. The van der Waals surface area contributed by atoms with Crippen LogP contribution in [0.15, 0.2) is 12.4 Å². The summed E-state index contributed by atoms with van der Waals surface area (Å²) in [6.45, 7) is 2.21. The van der Waals surface area contributed by atoms with Gasteiger partial charge in [0.2, 0.25) is 0 Å². The molecular formula is C12H21N5O2. The molecular weight excluding hydrogens is 246 g/mol. The van der Waals surface area contributed by atoms with Crippen molar-refractivity contribution in [1.82, 2.24) is 14.9 Å². The Morgan fingerprint density at radius 3 is 2.47 bits per heavy atom. The molecule has 0 amide bonds. The molecule has 7 heteroatoms. The van der Waals surface area contributed by atoms with Crippen molar-refractivity contribution in [2.75, 3.05) is 44.4 Å². The van der Waals surface area contributed by atoms with E-state index in [1.165, 1.54) is 6.33 Å². The van der Waals surface area contributed by atoms with E-state index in [2.05, 4.69) is 25.5 Å². The average Bonchev–Trinajstić information content (AvgIpc) is 2.34. The molecule has 0 saturated carbocycles. The van der Waals surface area contributed by atoms with E-state index in [0.29, 0.717) is 12.4 Å². The first-order valence-electron chi connectivity index (χ1n) is 6.24. The third-order valence-electron chi connectivity index (χ3n) is 2.40. The van der Waals surface area contributed by atoms with Crippen LogP contribution in [0.25, 0.3) is 0 Å². The molecule has 1 rings (SSSR count). The van der Waals surface area contributed by atoms with Gasteiger partial charge in [0, 0.05) is 19.2 Å². The maximum Gasteiger partial charge on any atom is 0.305 e. The molecule has 1 heterocycles. The van der Waals surface area contributed by atoms with Crippen molar-refractivity contribution in [3.63, 3.8) is 0 Å². The molecule has 0 spiro atoms. The van der Waals surface area contributed by atoms with Gasteiger partial charge in [0.25, 0.3) is 0 Å². The van der Waals surface area contributed by atoms with Crippen LogP contribution in [0, 0.1) is 0 Å². The fourth-order valence-corrected chi connectivity index (χ4v) is 1.46. The minimum absolute atomic E-state index is 0.0651. The fourth-order valence-electron chi connectivity index (χ4n) is 1.46. The number of nitrogens with one attached hydrogen (secondary N) is 2. The third kappa shape index (κ3) is 7.20. The third-order valence-corrected chi connectivity index (χ3v) is 2.40. The highest BCUT2D eigenvalue weighted by molar-refractivity contribution is 5.67. The van der Waals surface area contributed by atoms with Crippen LogP contribution in [0.2, 0.25) is 0 Å². The van der Waals surface area contributed by atoms with Gasteiger partial charge in [0.05, 0.1) is 6.42 Å². The number of anilines is 2. The topological polar surface area (TPSA) is 90.4 Å². The first-order valence-corrected chi connectivity index (χ1v) is 6.24. The number of carboxylic acid groups (broad SMARTS) is 1. The monoisotopic (exact) mass is 267 g/mol. The van der Waals surface area contributed by atoms with E-state index in [9.17, 15) is 4.79 Å². The van der Waals surface area contributed by atoms with Crippen molar-refractivity contribution in [2.45, 2.75) is 12.8 Å². The summed E-state index contributed by atoms with van der Waals surface area (Å²) in [6.07, 6.45) is 2.55. The molecule has 0 fully saturated rings. The number of rotatable bonds is 9. The molecule has 0 aliphatic rings. The van der Waals surface area contributed by atoms with Crippen molar-refractivity contribution >= 4 is 17.6 Å². The Kier molecular flexibility index (Phi) is 6.59. The van der Waals surface area contributed by atoms with Crippen LogP contribution in [0.3, 0.4) is 0 Å². The summed E-state index contributed by atoms with van der Waals surface area (Å²) in [5.74, 6) is 0.543. The molecule has 1 aromatic rings. The zero-order chi connectivity index (χ0) is 14.1. The van der Waals surface area contributed by atoms with Crippen LogP contribution in [-0.4, -0.2) is 59.7 Å². The maximum absolute atomic E-state index is 10.4. The van der Waals surface area contributed by atoms with Crippen molar-refractivity contribution in [3.8, 4) is 0 Å².